The summed E-state index contributed by atoms with van der Waals surface area (Å²) in [6.45, 7) is 12.2. The molecule has 4 aliphatic rings. The van der Waals surface area contributed by atoms with Gasteiger partial charge in [-0.25, -0.2) is 0 Å². The second kappa shape index (κ2) is 20.6. The first-order chi connectivity index (χ1) is 33.1. The zero-order chi connectivity index (χ0) is 49.1. The minimum Gasteiger partial charge on any atom is -0.550 e. The second-order valence-corrected chi connectivity index (χ2v) is 24.4. The summed E-state index contributed by atoms with van der Waals surface area (Å²) in [6.07, 6.45) is 9.47. The molecule has 0 saturated carbocycles. The van der Waals surface area contributed by atoms with Crippen LogP contribution in [0.3, 0.4) is 0 Å². The highest BCUT2D eigenvalue weighted by Gasteiger charge is 2.46. The highest BCUT2D eigenvalue weighted by Crippen LogP contribution is 2.47. The van der Waals surface area contributed by atoms with Crippen molar-refractivity contribution in [3.63, 3.8) is 0 Å². The van der Waals surface area contributed by atoms with Gasteiger partial charge in [0, 0.05) is 110 Å². The number of fused-ring (bicyclic) bond motifs is 8. The molecule has 69 heavy (non-hydrogen) atoms. The second-order valence-electron chi connectivity index (χ2n) is 18.2. The Morgan fingerprint density at radius 3 is 1.58 bits per heavy atom. The quantitative estimate of drug-likeness (QED) is 0.0841. The SMILES string of the molecule is C=CO[Si](C)(C)C.COc1cc(C(=O)N2CCC3(CC2)Oc2cc(Cl)ccc2-n2cccc23)ccc1Br.COc1cc(C(=O)N2CCC3(CC2)Oc2cc(Cl)ccc2-n2cccc23)ccc1CC=O. The van der Waals surface area contributed by atoms with Gasteiger partial charge in [-0.2, -0.15) is 0 Å². The summed E-state index contributed by atoms with van der Waals surface area (Å²) >= 11 is 15.9. The number of aldehydes is 1. The monoisotopic (exact) mass is 1050 g/mol. The Kier molecular flexibility index (Phi) is 14.8. The molecule has 0 N–H and O–H groups in total. The highest BCUT2D eigenvalue weighted by molar-refractivity contribution is 9.10. The van der Waals surface area contributed by atoms with Gasteiger partial charge in [-0.1, -0.05) is 35.8 Å². The van der Waals surface area contributed by atoms with Crippen LogP contribution in [0.25, 0.3) is 11.4 Å². The Labute approximate surface area is 422 Å². The number of nitrogens with zero attached hydrogens (tertiary/aromatic N) is 4. The summed E-state index contributed by atoms with van der Waals surface area (Å²) in [5.41, 5.74) is 5.17. The van der Waals surface area contributed by atoms with E-state index in [4.69, 9.17) is 46.6 Å². The minimum atomic E-state index is -1.28. The fraction of sp³-hybridized carbons (Fsp3) is 0.302. The van der Waals surface area contributed by atoms with Crippen molar-refractivity contribution in [2.75, 3.05) is 40.4 Å². The van der Waals surface area contributed by atoms with Gasteiger partial charge in [0.1, 0.15) is 29.3 Å². The maximum atomic E-state index is 13.2. The van der Waals surface area contributed by atoms with E-state index < -0.39 is 19.5 Å². The summed E-state index contributed by atoms with van der Waals surface area (Å²) in [5, 5.41) is 1.28. The number of rotatable bonds is 8. The Morgan fingerprint density at radius 2 is 1.16 bits per heavy atom. The summed E-state index contributed by atoms with van der Waals surface area (Å²) in [7, 11) is 1.86. The normalized spacial score (nSPS) is 15.8. The first-order valence-corrected chi connectivity index (χ1v) is 27.7. The van der Waals surface area contributed by atoms with Crippen LogP contribution in [-0.4, -0.2) is 85.8 Å². The summed E-state index contributed by atoms with van der Waals surface area (Å²) in [6, 6.07) is 30.4. The van der Waals surface area contributed by atoms with Crippen LogP contribution in [0.15, 0.2) is 127 Å². The van der Waals surface area contributed by atoms with Gasteiger partial charge in [-0.05, 0) is 114 Å². The van der Waals surface area contributed by atoms with Crippen LogP contribution in [-0.2, 0) is 26.8 Å². The smallest absolute Gasteiger partial charge is 0.253 e. The van der Waals surface area contributed by atoms with Crippen LogP contribution in [0, 0.1) is 0 Å². The fourth-order valence-electron chi connectivity index (χ4n) is 9.39. The first kappa shape index (κ1) is 49.5. The molecule has 6 aromatic rings. The van der Waals surface area contributed by atoms with E-state index >= 15 is 0 Å². The van der Waals surface area contributed by atoms with Crippen molar-refractivity contribution < 1.29 is 37.8 Å². The van der Waals surface area contributed by atoms with Gasteiger partial charge in [0.15, 0.2) is 11.2 Å². The lowest BCUT2D eigenvalue weighted by Gasteiger charge is -2.45. The Bertz CT molecular complexity index is 2880. The lowest BCUT2D eigenvalue weighted by Crippen LogP contribution is -2.50. The average molecular weight is 1050 g/mol. The number of benzene rings is 4. The zero-order valence-corrected chi connectivity index (χ0v) is 43.4. The van der Waals surface area contributed by atoms with E-state index in [-0.39, 0.29) is 18.2 Å². The lowest BCUT2D eigenvalue weighted by atomic mass is 9.86. The largest absolute Gasteiger partial charge is 0.550 e. The molecular formula is C53H55BrCl2N4O8Si. The number of hydrogen-bond acceptors (Lipinski definition) is 8. The topological polar surface area (TPSA) is 114 Å². The molecule has 2 saturated heterocycles. The van der Waals surface area contributed by atoms with Gasteiger partial charge >= 0.3 is 0 Å². The number of halogens is 3. The van der Waals surface area contributed by atoms with E-state index in [1.807, 2.05) is 76.7 Å². The fourth-order valence-corrected chi connectivity index (χ4v) is 10.6. The summed E-state index contributed by atoms with van der Waals surface area (Å²) in [5.74, 6) is 2.70. The van der Waals surface area contributed by atoms with Crippen LogP contribution >= 0.6 is 39.1 Å². The molecule has 12 nitrogen and oxygen atoms in total. The Morgan fingerprint density at radius 1 is 0.696 bits per heavy atom. The molecule has 0 unspecified atom stereocenters. The molecule has 360 valence electrons. The van der Waals surface area contributed by atoms with Crippen LogP contribution in [0.2, 0.25) is 29.7 Å². The molecule has 0 bridgehead atoms. The van der Waals surface area contributed by atoms with Gasteiger partial charge in [0.25, 0.3) is 11.8 Å². The van der Waals surface area contributed by atoms with Crippen molar-refractivity contribution in [2.24, 2.45) is 0 Å². The Balaban J connectivity index is 0.000000164. The molecule has 0 atom stereocenters. The van der Waals surface area contributed by atoms with Crippen molar-refractivity contribution in [2.45, 2.75) is 62.9 Å². The third-order valence-corrected chi connectivity index (χ3v) is 14.8. The van der Waals surface area contributed by atoms with Gasteiger partial charge in [0.05, 0.1) is 47.7 Å². The van der Waals surface area contributed by atoms with Crippen molar-refractivity contribution in [3.8, 4) is 34.4 Å². The van der Waals surface area contributed by atoms with Crippen LogP contribution in [0.5, 0.6) is 23.0 Å². The van der Waals surface area contributed by atoms with Gasteiger partial charge in [-0.3, -0.25) is 9.59 Å². The van der Waals surface area contributed by atoms with Crippen LogP contribution in [0.4, 0.5) is 0 Å². The average Bonchev–Trinajstić information content (AvgIpc) is 4.05. The van der Waals surface area contributed by atoms with Crippen molar-refractivity contribution in [1.29, 1.82) is 0 Å². The van der Waals surface area contributed by atoms with Crippen LogP contribution in [0.1, 0.15) is 63.4 Å². The maximum absolute atomic E-state index is 13.2. The molecule has 2 amide bonds. The molecule has 2 spiro atoms. The zero-order valence-electron chi connectivity index (χ0n) is 39.3. The van der Waals surface area contributed by atoms with E-state index in [9.17, 15) is 14.4 Å². The number of ether oxygens (including phenoxy) is 4. The molecule has 6 heterocycles. The van der Waals surface area contributed by atoms with Gasteiger partial charge < -0.3 is 47.1 Å². The molecular weight excluding hydrogens is 999 g/mol. The molecule has 10 rings (SSSR count). The lowest BCUT2D eigenvalue weighted by molar-refractivity contribution is -0.107. The maximum Gasteiger partial charge on any atom is 0.253 e. The van der Waals surface area contributed by atoms with E-state index in [1.165, 1.54) is 6.26 Å². The van der Waals surface area contributed by atoms with Crippen molar-refractivity contribution in [1.82, 2.24) is 18.9 Å². The molecule has 0 aliphatic carbocycles. The number of carbonyl (C=O) groups excluding carboxylic acids is 3. The molecule has 16 heteroatoms. The summed E-state index contributed by atoms with van der Waals surface area (Å²) in [4.78, 5) is 40.9. The predicted molar refractivity (Wildman–Crippen MR) is 275 cm³/mol. The Hall–Kier alpha value is -5.93. The third-order valence-electron chi connectivity index (χ3n) is 12.8. The third kappa shape index (κ3) is 10.4. The number of piperidine rings is 2. The van der Waals surface area contributed by atoms with Crippen molar-refractivity contribution >= 4 is 65.5 Å². The van der Waals surface area contributed by atoms with E-state index in [0.717, 1.165) is 50.6 Å². The van der Waals surface area contributed by atoms with E-state index in [1.54, 1.807) is 38.5 Å². The number of aromatic nitrogens is 2. The predicted octanol–water partition coefficient (Wildman–Crippen LogP) is 11.8. The summed E-state index contributed by atoms with van der Waals surface area (Å²) < 4.78 is 34.1. The minimum absolute atomic E-state index is 0.00490. The van der Waals surface area contributed by atoms with Gasteiger partial charge in [0.2, 0.25) is 8.32 Å². The standard InChI is InChI=1S/C25H23ClN2O4.C23H20BrClN2O3.C5H12OSi/c1-31-21-15-18(5-4-17(21)8-14-29)24(30)27-12-9-25(10-13-27)23-3-2-11-28(23)20-7-6-19(26)16-22(20)32-25;1-29-19-13-15(4-6-17(19)24)22(28)26-11-8-23(9-12-26)21-3-2-10-27(21)18-7-5-16(25)14-20(18)30-23;1-5-6-7(2,3)4/h2-7,11,14-16H,8-10,12-13H2,1H3;2-7,10,13-14H,8-9,11-12H2,1H3;5H,1H2,2-4H3. The molecule has 4 aliphatic heterocycles. The molecule has 2 fully saturated rings. The van der Waals surface area contributed by atoms with Gasteiger partial charge in [-0.15, -0.1) is 0 Å². The number of amides is 2. The van der Waals surface area contributed by atoms with E-state index in [2.05, 4.69) is 69.6 Å². The number of methoxy groups -OCH3 is 2. The molecule has 2 aromatic heterocycles. The van der Waals surface area contributed by atoms with Crippen molar-refractivity contribution in [3.05, 3.63) is 165 Å². The molecule has 4 aromatic carbocycles. The number of carbonyl (C=O) groups is 3. The number of hydrogen-bond donors (Lipinski definition) is 0. The molecule has 0 radical (unpaired) electrons. The number of likely N-dealkylation sites (tertiary alicyclic amines) is 2. The highest BCUT2D eigenvalue weighted by atomic mass is 79.9. The van der Waals surface area contributed by atoms with E-state index in [0.29, 0.717) is 84.5 Å². The first-order valence-electron chi connectivity index (χ1n) is 22.8. The van der Waals surface area contributed by atoms with Crippen LogP contribution < -0.4 is 18.9 Å².